The Kier molecular flexibility index (Phi) is 4.71. The van der Waals surface area contributed by atoms with Gasteiger partial charge in [0.05, 0.1) is 0 Å². The molecule has 0 aromatic carbocycles. The van der Waals surface area contributed by atoms with Crippen LogP contribution in [0.2, 0.25) is 0 Å². The quantitative estimate of drug-likeness (QED) is 0.822. The first-order valence-corrected chi connectivity index (χ1v) is 6.98. The number of hydrogen-bond donors (Lipinski definition) is 1. The third-order valence-electron chi connectivity index (χ3n) is 3.64. The number of amides is 1. The smallest absolute Gasteiger partial charge is 0.220 e. The van der Waals surface area contributed by atoms with E-state index >= 15 is 0 Å². The zero-order valence-electron chi connectivity index (χ0n) is 11.7. The molecule has 0 unspecified atom stereocenters. The summed E-state index contributed by atoms with van der Waals surface area (Å²) in [5.41, 5.74) is 1.37. The first-order chi connectivity index (χ1) is 9.16. The van der Waals surface area contributed by atoms with E-state index in [1.54, 1.807) is 6.33 Å². The number of aromatic nitrogens is 3. The minimum absolute atomic E-state index is 0.0852. The fourth-order valence-corrected chi connectivity index (χ4v) is 2.42. The molecule has 0 saturated heterocycles. The molecule has 2 rings (SSSR count). The predicted molar refractivity (Wildman–Crippen MR) is 73.5 cm³/mol. The highest BCUT2D eigenvalue weighted by molar-refractivity contribution is 5.76. The van der Waals surface area contributed by atoms with E-state index in [0.717, 1.165) is 18.7 Å². The average molecular weight is 262 g/mol. The maximum absolute atomic E-state index is 11.9. The van der Waals surface area contributed by atoms with Crippen LogP contribution in [0.15, 0.2) is 18.0 Å². The molecule has 19 heavy (non-hydrogen) atoms. The number of nitrogens with zero attached hydrogens (tertiary/aromatic N) is 3. The zero-order valence-corrected chi connectivity index (χ0v) is 11.7. The number of aryl methyl sites for hydroxylation is 2. The van der Waals surface area contributed by atoms with Crippen molar-refractivity contribution in [2.75, 3.05) is 0 Å². The van der Waals surface area contributed by atoms with E-state index in [2.05, 4.69) is 28.5 Å². The minimum Gasteiger partial charge on any atom is -0.350 e. The zero-order chi connectivity index (χ0) is 13.7. The van der Waals surface area contributed by atoms with Crippen molar-refractivity contribution >= 4 is 5.91 Å². The molecule has 1 N–H and O–H groups in total. The van der Waals surface area contributed by atoms with Crippen LogP contribution in [0.25, 0.3) is 0 Å². The molecule has 0 radical (unpaired) electrons. The third kappa shape index (κ3) is 3.91. The highest BCUT2D eigenvalue weighted by atomic mass is 16.1. The van der Waals surface area contributed by atoms with E-state index < -0.39 is 0 Å². The van der Waals surface area contributed by atoms with E-state index in [1.807, 2.05) is 11.6 Å². The van der Waals surface area contributed by atoms with Gasteiger partial charge in [-0.3, -0.25) is 4.79 Å². The van der Waals surface area contributed by atoms with Crippen LogP contribution in [-0.4, -0.2) is 26.7 Å². The molecule has 104 valence electrons. The van der Waals surface area contributed by atoms with Crippen molar-refractivity contribution in [3.05, 3.63) is 23.8 Å². The van der Waals surface area contributed by atoms with Crippen molar-refractivity contribution in [2.24, 2.45) is 7.05 Å². The highest BCUT2D eigenvalue weighted by Crippen LogP contribution is 2.20. The van der Waals surface area contributed by atoms with Crippen LogP contribution in [0, 0.1) is 0 Å². The fraction of sp³-hybridized carbons (Fsp3) is 0.643. The second kappa shape index (κ2) is 6.50. The van der Waals surface area contributed by atoms with Crippen LogP contribution >= 0.6 is 0 Å². The lowest BCUT2D eigenvalue weighted by molar-refractivity contribution is -0.121. The number of allylic oxidation sites excluding steroid dienone is 1. The first kappa shape index (κ1) is 13.8. The number of carbonyl (C=O) groups is 1. The second-order valence-corrected chi connectivity index (χ2v) is 5.17. The van der Waals surface area contributed by atoms with Gasteiger partial charge in [-0.1, -0.05) is 11.6 Å². The second-order valence-electron chi connectivity index (χ2n) is 5.17. The Morgan fingerprint density at radius 2 is 2.37 bits per heavy atom. The van der Waals surface area contributed by atoms with Gasteiger partial charge in [0.15, 0.2) is 0 Å². The number of rotatable bonds is 5. The van der Waals surface area contributed by atoms with Gasteiger partial charge in [0.2, 0.25) is 5.91 Å². The van der Waals surface area contributed by atoms with Gasteiger partial charge in [-0.15, -0.1) is 10.2 Å². The summed E-state index contributed by atoms with van der Waals surface area (Å²) in [5, 5.41) is 10.9. The van der Waals surface area contributed by atoms with Crippen LogP contribution in [0.5, 0.6) is 0 Å². The molecule has 1 aliphatic rings. The van der Waals surface area contributed by atoms with Crippen molar-refractivity contribution in [1.82, 2.24) is 20.1 Å². The van der Waals surface area contributed by atoms with Gasteiger partial charge < -0.3 is 9.88 Å². The lowest BCUT2D eigenvalue weighted by Gasteiger charge is -2.20. The van der Waals surface area contributed by atoms with Gasteiger partial charge in [-0.25, -0.2) is 0 Å². The molecule has 1 aliphatic carbocycles. The van der Waals surface area contributed by atoms with Gasteiger partial charge >= 0.3 is 0 Å². The molecule has 0 fully saturated rings. The molecule has 1 amide bonds. The normalized spacial score (nSPS) is 16.8. The van der Waals surface area contributed by atoms with E-state index in [0.29, 0.717) is 12.8 Å². The Morgan fingerprint density at radius 1 is 1.53 bits per heavy atom. The summed E-state index contributed by atoms with van der Waals surface area (Å²) in [6.45, 7) is 2.07. The fourth-order valence-electron chi connectivity index (χ4n) is 2.42. The Balaban J connectivity index is 1.78. The van der Waals surface area contributed by atoms with Crippen molar-refractivity contribution in [1.29, 1.82) is 0 Å². The van der Waals surface area contributed by atoms with Crippen LogP contribution in [0.4, 0.5) is 0 Å². The summed E-state index contributed by atoms with van der Waals surface area (Å²) in [6.07, 6.45) is 9.80. The largest absolute Gasteiger partial charge is 0.350 e. The molecule has 5 nitrogen and oxygen atoms in total. The lowest BCUT2D eigenvalue weighted by atomic mass is 9.94. The SMILES string of the molecule is C[C@H](NC(=O)CCc1nncn1C)C1=CCCCC1. The van der Waals surface area contributed by atoms with E-state index in [9.17, 15) is 4.79 Å². The molecule has 5 heteroatoms. The Labute approximate surface area is 114 Å². The van der Waals surface area contributed by atoms with Gasteiger partial charge in [0.25, 0.3) is 0 Å². The molecule has 1 heterocycles. The van der Waals surface area contributed by atoms with Gasteiger partial charge in [0.1, 0.15) is 12.2 Å². The summed E-state index contributed by atoms with van der Waals surface area (Å²) in [5.74, 6) is 0.932. The monoisotopic (exact) mass is 262 g/mol. The van der Waals surface area contributed by atoms with Crippen LogP contribution < -0.4 is 5.32 Å². The molecular formula is C14H22N4O. The molecule has 1 aromatic heterocycles. The Hall–Kier alpha value is -1.65. The van der Waals surface area contributed by atoms with Crippen LogP contribution in [0.3, 0.4) is 0 Å². The maximum atomic E-state index is 11.9. The number of carbonyl (C=O) groups excluding carboxylic acids is 1. The highest BCUT2D eigenvalue weighted by Gasteiger charge is 2.14. The molecule has 0 bridgehead atoms. The first-order valence-electron chi connectivity index (χ1n) is 6.98. The van der Waals surface area contributed by atoms with Crippen molar-refractivity contribution < 1.29 is 4.79 Å². The van der Waals surface area contributed by atoms with E-state index in [4.69, 9.17) is 0 Å². The Bertz CT molecular complexity index is 464. The molecule has 1 atom stereocenters. The van der Waals surface area contributed by atoms with Gasteiger partial charge in [-0.2, -0.15) is 0 Å². The van der Waals surface area contributed by atoms with Crippen LogP contribution in [0.1, 0.15) is 44.9 Å². The molecule has 0 spiro atoms. The topological polar surface area (TPSA) is 59.8 Å². The van der Waals surface area contributed by atoms with Crippen molar-refractivity contribution in [3.8, 4) is 0 Å². The third-order valence-corrected chi connectivity index (χ3v) is 3.64. The molecule has 1 aromatic rings. The van der Waals surface area contributed by atoms with Crippen molar-refractivity contribution in [3.63, 3.8) is 0 Å². The van der Waals surface area contributed by atoms with Crippen LogP contribution in [-0.2, 0) is 18.3 Å². The summed E-state index contributed by atoms with van der Waals surface area (Å²) >= 11 is 0. The maximum Gasteiger partial charge on any atom is 0.220 e. The summed E-state index contributed by atoms with van der Waals surface area (Å²) in [6, 6.07) is 0.160. The summed E-state index contributed by atoms with van der Waals surface area (Å²) in [7, 11) is 1.89. The summed E-state index contributed by atoms with van der Waals surface area (Å²) < 4.78 is 1.85. The predicted octanol–water partition coefficient (Wildman–Crippen LogP) is 1.75. The van der Waals surface area contributed by atoms with Gasteiger partial charge in [0, 0.05) is 25.9 Å². The number of nitrogens with one attached hydrogen (secondary N) is 1. The molecular weight excluding hydrogens is 240 g/mol. The Morgan fingerprint density at radius 3 is 3.00 bits per heavy atom. The number of hydrogen-bond acceptors (Lipinski definition) is 3. The standard InChI is InChI=1S/C14H22N4O/c1-11(12-6-4-3-5-7-12)16-14(19)9-8-13-17-15-10-18(13)2/h6,10-11H,3-5,7-9H2,1-2H3,(H,16,19)/t11-/m0/s1. The lowest BCUT2D eigenvalue weighted by Crippen LogP contribution is -2.34. The average Bonchev–Trinajstić information content (AvgIpc) is 2.83. The minimum atomic E-state index is 0.0852. The van der Waals surface area contributed by atoms with E-state index in [1.165, 1.54) is 18.4 Å². The summed E-state index contributed by atoms with van der Waals surface area (Å²) in [4.78, 5) is 11.9. The molecule has 0 saturated carbocycles. The van der Waals surface area contributed by atoms with E-state index in [-0.39, 0.29) is 11.9 Å². The van der Waals surface area contributed by atoms with Crippen molar-refractivity contribution in [2.45, 2.75) is 51.5 Å². The van der Waals surface area contributed by atoms with Gasteiger partial charge in [-0.05, 0) is 32.6 Å². The molecule has 0 aliphatic heterocycles.